The zero-order valence-electron chi connectivity index (χ0n) is 40.7. The van der Waals surface area contributed by atoms with E-state index in [1.165, 1.54) is 12.8 Å². The number of hydrogen-bond donors (Lipinski definition) is 0. The third-order valence-electron chi connectivity index (χ3n) is 9.88. The Morgan fingerprint density at radius 2 is 0.656 bits per heavy atom. The number of esters is 3. The Labute approximate surface area is 392 Å². The molecule has 0 saturated carbocycles. The van der Waals surface area contributed by atoms with E-state index in [9.17, 15) is 14.4 Å². The Morgan fingerprint density at radius 1 is 0.344 bits per heavy atom. The minimum atomic E-state index is -0.847. The van der Waals surface area contributed by atoms with E-state index >= 15 is 0 Å². The molecule has 0 aliphatic carbocycles. The van der Waals surface area contributed by atoms with Gasteiger partial charge in [0.05, 0.1) is 6.42 Å². The molecule has 1 atom stereocenters. The summed E-state index contributed by atoms with van der Waals surface area (Å²) in [5, 5.41) is 0. The van der Waals surface area contributed by atoms with Crippen LogP contribution in [0.5, 0.6) is 0 Å². The Morgan fingerprint density at radius 3 is 1.05 bits per heavy atom. The summed E-state index contributed by atoms with van der Waals surface area (Å²) in [4.78, 5) is 37.8. The molecule has 0 heterocycles. The van der Waals surface area contributed by atoms with Crippen LogP contribution in [0.15, 0.2) is 134 Å². The topological polar surface area (TPSA) is 78.9 Å². The van der Waals surface area contributed by atoms with Crippen LogP contribution in [0.1, 0.15) is 194 Å². The average Bonchev–Trinajstić information content (AvgIpc) is 3.29. The fraction of sp³-hybridized carbons (Fsp3) is 0.569. The fourth-order valence-electron chi connectivity index (χ4n) is 6.19. The monoisotopic (exact) mass is 883 g/mol. The van der Waals surface area contributed by atoms with Gasteiger partial charge in [0.2, 0.25) is 0 Å². The number of hydrogen-bond acceptors (Lipinski definition) is 6. The summed E-state index contributed by atoms with van der Waals surface area (Å²) < 4.78 is 16.6. The first kappa shape index (κ1) is 59.5. The van der Waals surface area contributed by atoms with Crippen molar-refractivity contribution >= 4 is 17.9 Å². The van der Waals surface area contributed by atoms with E-state index in [4.69, 9.17) is 14.2 Å². The maximum absolute atomic E-state index is 12.7. The summed E-state index contributed by atoms with van der Waals surface area (Å²) in [6, 6.07) is 0. The van der Waals surface area contributed by atoms with Crippen molar-refractivity contribution in [3.63, 3.8) is 0 Å². The van der Waals surface area contributed by atoms with Crippen molar-refractivity contribution in [1.82, 2.24) is 0 Å². The molecule has 64 heavy (non-hydrogen) atoms. The zero-order chi connectivity index (χ0) is 46.5. The SMILES string of the molecule is CC/C=C\C/C=C\C/C=C\C/C=C\C/C=C\CCCCCCCC(=O)OCC(COC(=O)CCCCCCC/C=C\CCC)OC(=O)C/C=C\C/C=C\C/C=C\C/C=C\C/C=C\CC. The van der Waals surface area contributed by atoms with E-state index in [1.54, 1.807) is 6.08 Å². The predicted octanol–water partition coefficient (Wildman–Crippen LogP) is 16.7. The first-order chi connectivity index (χ1) is 31.5. The Bertz CT molecular complexity index is 1430. The van der Waals surface area contributed by atoms with Gasteiger partial charge < -0.3 is 14.2 Å². The van der Waals surface area contributed by atoms with Gasteiger partial charge in [0.25, 0.3) is 0 Å². The highest BCUT2D eigenvalue weighted by atomic mass is 16.6. The van der Waals surface area contributed by atoms with Crippen molar-refractivity contribution in [2.45, 2.75) is 200 Å². The minimum Gasteiger partial charge on any atom is -0.462 e. The Kier molecular flexibility index (Phi) is 47.6. The number of unbranched alkanes of at least 4 members (excludes halogenated alkanes) is 11. The van der Waals surface area contributed by atoms with Crippen molar-refractivity contribution in [2.75, 3.05) is 13.2 Å². The van der Waals surface area contributed by atoms with Crippen molar-refractivity contribution in [2.24, 2.45) is 0 Å². The standard InChI is InChI=1S/C58H90O6/c1-4-7-10-13-16-19-22-24-26-27-28-29-30-31-33-34-36-39-42-45-48-51-57(60)63-54-55(53-62-56(59)50-47-44-41-38-21-18-15-12-9-6-3)64-58(61)52-49-46-43-40-37-35-32-25-23-20-17-14-11-8-5-2/h7-8,10-12,15-17,19-20,24-26,28-29,31-33,37,40,46,49,55H,4-6,9,13-14,18,21-23,27,30,34-36,38-39,41-45,47-48,50-54H2,1-3H3/b10-7-,11-8-,15-12-,19-16-,20-17-,26-24-,29-28-,32-25-,33-31-,40-37-,49-46-. The summed E-state index contributed by atoms with van der Waals surface area (Å²) in [7, 11) is 0. The Balaban J connectivity index is 4.51. The van der Waals surface area contributed by atoms with E-state index in [0.29, 0.717) is 19.3 Å². The lowest BCUT2D eigenvalue weighted by Gasteiger charge is -2.18. The third-order valence-corrected chi connectivity index (χ3v) is 9.88. The second-order valence-electron chi connectivity index (χ2n) is 16.0. The highest BCUT2D eigenvalue weighted by Crippen LogP contribution is 2.11. The molecule has 358 valence electrons. The van der Waals surface area contributed by atoms with Gasteiger partial charge in [-0.3, -0.25) is 14.4 Å². The molecule has 0 aliphatic rings. The van der Waals surface area contributed by atoms with Gasteiger partial charge in [-0.1, -0.05) is 199 Å². The lowest BCUT2D eigenvalue weighted by atomic mass is 10.1. The second kappa shape index (κ2) is 51.2. The second-order valence-corrected chi connectivity index (χ2v) is 16.0. The molecule has 0 N–H and O–H groups in total. The number of carbonyl (C=O) groups is 3. The molecular formula is C58H90O6. The van der Waals surface area contributed by atoms with Crippen molar-refractivity contribution in [1.29, 1.82) is 0 Å². The number of carbonyl (C=O) groups excluding carboxylic acids is 3. The molecule has 0 aromatic rings. The summed E-state index contributed by atoms with van der Waals surface area (Å²) in [6.07, 6.45) is 71.8. The molecule has 6 nitrogen and oxygen atoms in total. The first-order valence-corrected chi connectivity index (χ1v) is 25.2. The van der Waals surface area contributed by atoms with Gasteiger partial charge in [-0.05, 0) is 109 Å². The van der Waals surface area contributed by atoms with Crippen molar-refractivity contribution in [3.8, 4) is 0 Å². The molecule has 0 amide bonds. The first-order valence-electron chi connectivity index (χ1n) is 25.2. The molecule has 0 fully saturated rings. The third kappa shape index (κ3) is 48.6. The molecule has 0 aromatic heterocycles. The van der Waals surface area contributed by atoms with Gasteiger partial charge in [0, 0.05) is 12.8 Å². The van der Waals surface area contributed by atoms with Crippen LogP contribution in [0.2, 0.25) is 0 Å². The lowest BCUT2D eigenvalue weighted by Crippen LogP contribution is -2.30. The summed E-state index contributed by atoms with van der Waals surface area (Å²) in [5.74, 6) is -1.11. The van der Waals surface area contributed by atoms with E-state index < -0.39 is 12.1 Å². The van der Waals surface area contributed by atoms with E-state index in [0.717, 1.165) is 135 Å². The Hall–Kier alpha value is -4.45. The summed E-state index contributed by atoms with van der Waals surface area (Å²) >= 11 is 0. The van der Waals surface area contributed by atoms with Crippen LogP contribution >= 0.6 is 0 Å². The van der Waals surface area contributed by atoms with Gasteiger partial charge in [0.15, 0.2) is 6.10 Å². The minimum absolute atomic E-state index is 0.0847. The molecule has 0 bridgehead atoms. The smallest absolute Gasteiger partial charge is 0.310 e. The molecule has 0 aromatic carbocycles. The van der Waals surface area contributed by atoms with Crippen LogP contribution in [0.25, 0.3) is 0 Å². The van der Waals surface area contributed by atoms with Crippen LogP contribution in [-0.4, -0.2) is 37.2 Å². The number of ether oxygens (including phenoxy) is 3. The van der Waals surface area contributed by atoms with Crippen LogP contribution in [0.4, 0.5) is 0 Å². The van der Waals surface area contributed by atoms with Gasteiger partial charge in [0.1, 0.15) is 13.2 Å². The molecule has 0 aliphatic heterocycles. The predicted molar refractivity (Wildman–Crippen MR) is 274 cm³/mol. The molecule has 0 radical (unpaired) electrons. The zero-order valence-corrected chi connectivity index (χ0v) is 40.7. The molecule has 6 heteroatoms. The molecular weight excluding hydrogens is 793 g/mol. The van der Waals surface area contributed by atoms with E-state index in [1.807, 2.05) is 6.08 Å². The molecule has 0 spiro atoms. The van der Waals surface area contributed by atoms with Gasteiger partial charge >= 0.3 is 17.9 Å². The van der Waals surface area contributed by atoms with Gasteiger partial charge in [-0.25, -0.2) is 0 Å². The molecule has 1 unspecified atom stereocenters. The van der Waals surface area contributed by atoms with Gasteiger partial charge in [-0.15, -0.1) is 0 Å². The highest BCUT2D eigenvalue weighted by Gasteiger charge is 2.19. The molecule has 0 saturated heterocycles. The summed E-state index contributed by atoms with van der Waals surface area (Å²) in [6.45, 7) is 6.21. The quantitative estimate of drug-likeness (QED) is 0.0263. The normalized spacial score (nSPS) is 13.2. The van der Waals surface area contributed by atoms with Crippen molar-refractivity contribution < 1.29 is 28.6 Å². The average molecular weight is 883 g/mol. The van der Waals surface area contributed by atoms with Crippen LogP contribution in [0.3, 0.4) is 0 Å². The number of rotatable bonds is 43. The highest BCUT2D eigenvalue weighted by molar-refractivity contribution is 5.72. The fourth-order valence-corrected chi connectivity index (χ4v) is 6.19. The maximum atomic E-state index is 12.7. The molecule has 0 rings (SSSR count). The van der Waals surface area contributed by atoms with Crippen LogP contribution in [0, 0.1) is 0 Å². The van der Waals surface area contributed by atoms with E-state index in [-0.39, 0.29) is 31.6 Å². The van der Waals surface area contributed by atoms with Crippen molar-refractivity contribution in [3.05, 3.63) is 134 Å². The van der Waals surface area contributed by atoms with Crippen LogP contribution < -0.4 is 0 Å². The van der Waals surface area contributed by atoms with Gasteiger partial charge in [-0.2, -0.15) is 0 Å². The number of allylic oxidation sites excluding steroid dienone is 21. The maximum Gasteiger partial charge on any atom is 0.310 e. The largest absolute Gasteiger partial charge is 0.462 e. The lowest BCUT2D eigenvalue weighted by molar-refractivity contribution is -0.166. The summed E-state index contributed by atoms with van der Waals surface area (Å²) in [5.41, 5.74) is 0. The van der Waals surface area contributed by atoms with E-state index in [2.05, 4.69) is 142 Å². The van der Waals surface area contributed by atoms with Crippen LogP contribution in [-0.2, 0) is 28.6 Å².